The average Bonchev–Trinajstić information content (AvgIpc) is 2.42. The van der Waals surface area contributed by atoms with E-state index < -0.39 is 5.54 Å². The number of nitrogens with zero attached hydrogens (tertiary/aromatic N) is 1. The lowest BCUT2D eigenvalue weighted by atomic mass is 9.82. The number of nitrogens with one attached hydrogen (secondary N) is 1. The molecule has 19 heavy (non-hydrogen) atoms. The maximum Gasteiger partial charge on any atom is 0.254 e. The van der Waals surface area contributed by atoms with Crippen molar-refractivity contribution in [3.05, 3.63) is 33.3 Å². The normalized spacial score (nSPS) is 17.5. The van der Waals surface area contributed by atoms with Crippen molar-refractivity contribution < 1.29 is 4.79 Å². The minimum absolute atomic E-state index is 0.283. The summed E-state index contributed by atoms with van der Waals surface area (Å²) in [6.07, 6.45) is 4.48. The molecule has 1 aromatic carbocycles. The van der Waals surface area contributed by atoms with Crippen molar-refractivity contribution in [2.75, 3.05) is 0 Å². The summed E-state index contributed by atoms with van der Waals surface area (Å²) in [5.74, 6) is -0.283. The van der Waals surface area contributed by atoms with Gasteiger partial charge in [0.2, 0.25) is 0 Å². The molecule has 5 heteroatoms. The highest BCUT2D eigenvalue weighted by molar-refractivity contribution is 9.10. The van der Waals surface area contributed by atoms with Crippen LogP contribution in [0.4, 0.5) is 0 Å². The molecule has 0 saturated heterocycles. The molecule has 1 saturated carbocycles. The fraction of sp³-hybridized carbons (Fsp3) is 0.429. The van der Waals surface area contributed by atoms with Crippen LogP contribution >= 0.6 is 27.5 Å². The molecule has 2 rings (SSSR count). The Morgan fingerprint density at radius 3 is 2.68 bits per heavy atom. The van der Waals surface area contributed by atoms with Crippen LogP contribution in [0.15, 0.2) is 22.7 Å². The highest BCUT2D eigenvalue weighted by atomic mass is 79.9. The molecule has 1 fully saturated rings. The van der Waals surface area contributed by atoms with Crippen LogP contribution in [0.3, 0.4) is 0 Å². The Morgan fingerprint density at radius 1 is 1.37 bits per heavy atom. The van der Waals surface area contributed by atoms with E-state index in [1.54, 1.807) is 18.2 Å². The minimum atomic E-state index is -0.735. The predicted molar refractivity (Wildman–Crippen MR) is 78.0 cm³/mol. The number of hydrogen-bond acceptors (Lipinski definition) is 2. The first-order chi connectivity index (χ1) is 9.06. The predicted octanol–water partition coefficient (Wildman–Crippen LogP) is 4.06. The molecule has 0 atom stereocenters. The molecule has 0 aromatic heterocycles. The molecule has 1 aliphatic rings. The molecule has 0 bridgehead atoms. The highest BCUT2D eigenvalue weighted by Crippen LogP contribution is 2.29. The van der Waals surface area contributed by atoms with E-state index in [0.29, 0.717) is 23.4 Å². The number of halogens is 2. The Kier molecular flexibility index (Phi) is 4.49. The van der Waals surface area contributed by atoms with E-state index >= 15 is 0 Å². The number of carbonyl (C=O) groups is 1. The number of rotatable bonds is 2. The van der Waals surface area contributed by atoms with Crippen molar-refractivity contribution in [2.45, 2.75) is 37.6 Å². The molecule has 100 valence electrons. The van der Waals surface area contributed by atoms with Gasteiger partial charge in [-0.05, 0) is 31.0 Å². The summed E-state index contributed by atoms with van der Waals surface area (Å²) in [6, 6.07) is 7.38. The Balaban J connectivity index is 2.20. The summed E-state index contributed by atoms with van der Waals surface area (Å²) < 4.78 is 0.789. The van der Waals surface area contributed by atoms with Gasteiger partial charge in [0.1, 0.15) is 5.54 Å². The van der Waals surface area contributed by atoms with Gasteiger partial charge in [-0.15, -0.1) is 0 Å². The third kappa shape index (κ3) is 3.29. The van der Waals surface area contributed by atoms with Crippen molar-refractivity contribution in [1.82, 2.24) is 5.32 Å². The van der Waals surface area contributed by atoms with E-state index in [1.807, 2.05) is 0 Å². The quantitative estimate of drug-likeness (QED) is 0.882. The Labute approximate surface area is 126 Å². The molecule has 0 heterocycles. The molecular weight excluding hydrogens is 328 g/mol. The van der Waals surface area contributed by atoms with Gasteiger partial charge >= 0.3 is 0 Å². The SMILES string of the molecule is N#CC1(NC(=O)c2cc(Br)ccc2Cl)CCCCC1. The van der Waals surface area contributed by atoms with Crippen LogP contribution in [-0.4, -0.2) is 11.4 Å². The first kappa shape index (κ1) is 14.4. The molecule has 0 spiro atoms. The number of amides is 1. The fourth-order valence-corrected chi connectivity index (χ4v) is 2.94. The first-order valence-electron chi connectivity index (χ1n) is 6.25. The lowest BCUT2D eigenvalue weighted by molar-refractivity contribution is 0.0903. The first-order valence-corrected chi connectivity index (χ1v) is 7.42. The fourth-order valence-electron chi connectivity index (χ4n) is 2.38. The van der Waals surface area contributed by atoms with Gasteiger partial charge in [-0.3, -0.25) is 4.79 Å². The summed E-state index contributed by atoms with van der Waals surface area (Å²) in [6.45, 7) is 0. The molecule has 0 aliphatic heterocycles. The monoisotopic (exact) mass is 340 g/mol. The van der Waals surface area contributed by atoms with E-state index in [4.69, 9.17) is 11.6 Å². The Morgan fingerprint density at radius 2 is 2.05 bits per heavy atom. The van der Waals surface area contributed by atoms with E-state index in [2.05, 4.69) is 27.3 Å². The molecule has 1 amide bonds. The van der Waals surface area contributed by atoms with Gasteiger partial charge < -0.3 is 5.32 Å². The molecule has 3 nitrogen and oxygen atoms in total. The summed E-state index contributed by atoms with van der Waals surface area (Å²) in [7, 11) is 0. The van der Waals surface area contributed by atoms with Crippen molar-refractivity contribution in [3.63, 3.8) is 0 Å². The smallest absolute Gasteiger partial charge is 0.254 e. The van der Waals surface area contributed by atoms with Crippen molar-refractivity contribution in [2.24, 2.45) is 0 Å². The number of nitriles is 1. The minimum Gasteiger partial charge on any atom is -0.334 e. The Hall–Kier alpha value is -1.05. The van der Waals surface area contributed by atoms with Crippen LogP contribution in [-0.2, 0) is 0 Å². The van der Waals surface area contributed by atoms with E-state index in [9.17, 15) is 10.1 Å². The molecule has 1 aromatic rings. The van der Waals surface area contributed by atoms with E-state index in [0.717, 1.165) is 23.7 Å². The molecule has 1 aliphatic carbocycles. The van der Waals surface area contributed by atoms with Crippen molar-refractivity contribution in [1.29, 1.82) is 5.26 Å². The molecule has 0 unspecified atom stereocenters. The van der Waals surface area contributed by atoms with Gasteiger partial charge in [-0.25, -0.2) is 0 Å². The topological polar surface area (TPSA) is 52.9 Å². The maximum absolute atomic E-state index is 12.3. The van der Waals surface area contributed by atoms with Crippen LogP contribution in [0.5, 0.6) is 0 Å². The van der Waals surface area contributed by atoms with Gasteiger partial charge in [0.25, 0.3) is 5.91 Å². The van der Waals surface area contributed by atoms with Gasteiger partial charge in [-0.1, -0.05) is 46.8 Å². The standard InChI is InChI=1S/C14H14BrClN2O/c15-10-4-5-12(16)11(8-10)13(19)18-14(9-17)6-2-1-3-7-14/h4-5,8H,1-3,6-7H2,(H,18,19). The average molecular weight is 342 g/mol. The lowest BCUT2D eigenvalue weighted by Crippen LogP contribution is -2.48. The summed E-state index contributed by atoms with van der Waals surface area (Å²) in [5, 5.41) is 12.6. The van der Waals surface area contributed by atoms with Crippen LogP contribution in [0.25, 0.3) is 0 Å². The second-order valence-electron chi connectivity index (χ2n) is 4.83. The van der Waals surface area contributed by atoms with Gasteiger partial charge in [0, 0.05) is 4.47 Å². The number of hydrogen-bond donors (Lipinski definition) is 1. The third-order valence-electron chi connectivity index (χ3n) is 3.45. The van der Waals surface area contributed by atoms with Crippen molar-refractivity contribution >= 4 is 33.4 Å². The van der Waals surface area contributed by atoms with E-state index in [1.165, 1.54) is 0 Å². The van der Waals surface area contributed by atoms with Crippen LogP contribution in [0.2, 0.25) is 5.02 Å². The molecular formula is C14H14BrClN2O. The van der Waals surface area contributed by atoms with Gasteiger partial charge in [0.05, 0.1) is 16.7 Å². The number of benzene rings is 1. The summed E-state index contributed by atoms with van der Waals surface area (Å²) >= 11 is 9.35. The zero-order valence-electron chi connectivity index (χ0n) is 10.4. The Bertz CT molecular complexity index is 533. The molecule has 1 N–H and O–H groups in total. The zero-order valence-corrected chi connectivity index (χ0v) is 12.7. The van der Waals surface area contributed by atoms with Gasteiger partial charge in [-0.2, -0.15) is 5.26 Å². The van der Waals surface area contributed by atoms with E-state index in [-0.39, 0.29) is 5.91 Å². The molecule has 0 radical (unpaired) electrons. The highest BCUT2D eigenvalue weighted by Gasteiger charge is 2.34. The number of carbonyl (C=O) groups excluding carboxylic acids is 1. The van der Waals surface area contributed by atoms with Crippen molar-refractivity contribution in [3.8, 4) is 6.07 Å². The summed E-state index contributed by atoms with van der Waals surface area (Å²) in [4.78, 5) is 12.3. The van der Waals surface area contributed by atoms with Crippen LogP contribution < -0.4 is 5.32 Å². The van der Waals surface area contributed by atoms with Crippen LogP contribution in [0, 0.1) is 11.3 Å². The maximum atomic E-state index is 12.3. The van der Waals surface area contributed by atoms with Gasteiger partial charge in [0.15, 0.2) is 0 Å². The zero-order chi connectivity index (χ0) is 13.9. The summed E-state index contributed by atoms with van der Waals surface area (Å²) in [5.41, 5.74) is -0.336. The lowest BCUT2D eigenvalue weighted by Gasteiger charge is -2.31. The largest absolute Gasteiger partial charge is 0.334 e. The second-order valence-corrected chi connectivity index (χ2v) is 6.16. The second kappa shape index (κ2) is 5.94. The third-order valence-corrected chi connectivity index (χ3v) is 4.27. The van der Waals surface area contributed by atoms with Crippen LogP contribution in [0.1, 0.15) is 42.5 Å².